The monoisotopic (exact) mass is 197 g/mol. The van der Waals surface area contributed by atoms with Gasteiger partial charge in [0, 0.05) is 6.07 Å². The Morgan fingerprint density at radius 2 is 2.29 bits per heavy atom. The zero-order valence-electron chi connectivity index (χ0n) is 7.57. The highest BCUT2D eigenvalue weighted by atomic mass is 16.2. The molecule has 0 fully saturated rings. The van der Waals surface area contributed by atoms with Gasteiger partial charge >= 0.3 is 0 Å². The Bertz CT molecular complexity index is 359. The third-order valence-electron chi connectivity index (χ3n) is 1.62. The summed E-state index contributed by atoms with van der Waals surface area (Å²) in [5.41, 5.74) is 10.4. The second kappa shape index (κ2) is 3.77. The Morgan fingerprint density at radius 3 is 2.71 bits per heavy atom. The second-order valence-electron chi connectivity index (χ2n) is 2.80. The quantitative estimate of drug-likeness (QED) is 0.475. The number of aromatic nitrogens is 2. The summed E-state index contributed by atoms with van der Waals surface area (Å²) in [5.74, 6) is -0.867. The minimum absolute atomic E-state index is 0.190. The summed E-state index contributed by atoms with van der Waals surface area (Å²) in [4.78, 5) is 22.0. The fourth-order valence-electron chi connectivity index (χ4n) is 0.799. The maximum absolute atomic E-state index is 11.3. The molecular weight excluding hydrogens is 186 g/mol. The number of nitrogens with zero attached hydrogens (tertiary/aromatic N) is 1. The number of H-pyrrole nitrogens is 1. The molecule has 7 heteroatoms. The van der Waals surface area contributed by atoms with Crippen LogP contribution in [0.2, 0.25) is 0 Å². The van der Waals surface area contributed by atoms with Gasteiger partial charge < -0.3 is 16.8 Å². The van der Waals surface area contributed by atoms with Crippen LogP contribution in [-0.4, -0.2) is 28.1 Å². The first-order chi connectivity index (χ1) is 6.50. The van der Waals surface area contributed by atoms with Crippen LogP contribution in [0, 0.1) is 0 Å². The topological polar surface area (TPSA) is 127 Å². The first kappa shape index (κ1) is 10.0. The van der Waals surface area contributed by atoms with Gasteiger partial charge in [-0.1, -0.05) is 0 Å². The number of nitrogens with two attached hydrogens (primary N) is 2. The molecule has 0 aromatic carbocycles. The van der Waals surface area contributed by atoms with Crippen LogP contribution in [0.3, 0.4) is 0 Å². The van der Waals surface area contributed by atoms with E-state index >= 15 is 0 Å². The molecule has 0 aliphatic carbocycles. The number of carbonyl (C=O) groups is 2. The Morgan fingerprint density at radius 1 is 1.64 bits per heavy atom. The lowest BCUT2D eigenvalue weighted by atomic mass is 10.3. The molecular formula is C7H11N5O2. The molecule has 0 spiro atoms. The van der Waals surface area contributed by atoms with E-state index in [0.29, 0.717) is 0 Å². The van der Waals surface area contributed by atoms with Crippen LogP contribution in [0.5, 0.6) is 0 Å². The first-order valence-corrected chi connectivity index (χ1v) is 3.91. The van der Waals surface area contributed by atoms with Gasteiger partial charge in [-0.2, -0.15) is 5.10 Å². The average molecular weight is 197 g/mol. The van der Waals surface area contributed by atoms with E-state index in [-0.39, 0.29) is 11.5 Å². The number of primary amides is 1. The Labute approximate surface area is 79.8 Å². The van der Waals surface area contributed by atoms with Crippen LogP contribution in [0.4, 0.5) is 5.82 Å². The van der Waals surface area contributed by atoms with E-state index < -0.39 is 17.9 Å². The summed E-state index contributed by atoms with van der Waals surface area (Å²) in [6.07, 6.45) is 0. The fraction of sp³-hybridized carbons (Fsp3) is 0.286. The SMILES string of the molecule is C[C@@H](NC(=O)c1cc(N)n[nH]1)C(N)=O. The van der Waals surface area contributed by atoms with Gasteiger partial charge in [-0.05, 0) is 6.92 Å². The lowest BCUT2D eigenvalue weighted by Gasteiger charge is -2.07. The summed E-state index contributed by atoms with van der Waals surface area (Å²) in [5, 5.41) is 8.34. The number of anilines is 1. The summed E-state index contributed by atoms with van der Waals surface area (Å²) >= 11 is 0. The average Bonchev–Trinajstić information content (AvgIpc) is 2.51. The molecule has 1 aromatic heterocycles. The maximum Gasteiger partial charge on any atom is 0.270 e. The molecule has 2 amide bonds. The number of nitrogens with one attached hydrogen (secondary N) is 2. The predicted octanol–water partition coefficient (Wildman–Crippen LogP) is -1.40. The third kappa shape index (κ3) is 2.22. The molecule has 1 aromatic rings. The van der Waals surface area contributed by atoms with Crippen molar-refractivity contribution in [3.05, 3.63) is 11.8 Å². The van der Waals surface area contributed by atoms with Crippen LogP contribution in [0.1, 0.15) is 17.4 Å². The standard InChI is InChI=1S/C7H11N5O2/c1-3(6(9)13)10-7(14)4-2-5(8)12-11-4/h2-3H,1H3,(H2,9,13)(H,10,14)(H3,8,11,12)/t3-/m1/s1. The Balaban J connectivity index is 2.63. The van der Waals surface area contributed by atoms with Crippen LogP contribution in [-0.2, 0) is 4.79 Å². The van der Waals surface area contributed by atoms with Crippen LogP contribution in [0.25, 0.3) is 0 Å². The number of aromatic amines is 1. The molecule has 0 radical (unpaired) electrons. The minimum atomic E-state index is -0.730. The number of hydrogen-bond donors (Lipinski definition) is 4. The number of amides is 2. The molecule has 1 heterocycles. The molecule has 7 nitrogen and oxygen atoms in total. The van der Waals surface area contributed by atoms with E-state index in [0.717, 1.165) is 0 Å². The van der Waals surface area contributed by atoms with E-state index in [2.05, 4.69) is 15.5 Å². The Kier molecular flexibility index (Phi) is 2.70. The van der Waals surface area contributed by atoms with E-state index in [1.54, 1.807) is 0 Å². The lowest BCUT2D eigenvalue weighted by Crippen LogP contribution is -2.42. The molecule has 0 aliphatic rings. The van der Waals surface area contributed by atoms with Crippen LogP contribution in [0.15, 0.2) is 6.07 Å². The number of rotatable bonds is 3. The number of carbonyl (C=O) groups excluding carboxylic acids is 2. The zero-order valence-corrected chi connectivity index (χ0v) is 7.57. The minimum Gasteiger partial charge on any atom is -0.382 e. The Hall–Kier alpha value is -2.05. The predicted molar refractivity (Wildman–Crippen MR) is 49.1 cm³/mol. The van der Waals surface area contributed by atoms with E-state index in [1.807, 2.05) is 0 Å². The van der Waals surface area contributed by atoms with Crippen molar-refractivity contribution in [1.29, 1.82) is 0 Å². The first-order valence-electron chi connectivity index (χ1n) is 3.91. The summed E-state index contributed by atoms with van der Waals surface area (Å²) in [6.45, 7) is 1.49. The van der Waals surface area contributed by atoms with Gasteiger partial charge in [-0.3, -0.25) is 14.7 Å². The van der Waals surface area contributed by atoms with Gasteiger partial charge in [0.1, 0.15) is 17.6 Å². The summed E-state index contributed by atoms with van der Waals surface area (Å²) < 4.78 is 0. The molecule has 6 N–H and O–H groups in total. The van der Waals surface area contributed by atoms with Gasteiger partial charge in [0.15, 0.2) is 0 Å². The van der Waals surface area contributed by atoms with Gasteiger partial charge in [0.05, 0.1) is 0 Å². The smallest absolute Gasteiger partial charge is 0.270 e. The normalized spacial score (nSPS) is 12.1. The molecule has 1 rings (SSSR count). The molecule has 14 heavy (non-hydrogen) atoms. The lowest BCUT2D eigenvalue weighted by molar-refractivity contribution is -0.119. The molecule has 0 aliphatic heterocycles. The second-order valence-corrected chi connectivity index (χ2v) is 2.80. The zero-order chi connectivity index (χ0) is 10.7. The van der Waals surface area contributed by atoms with Crippen molar-refractivity contribution in [1.82, 2.24) is 15.5 Å². The van der Waals surface area contributed by atoms with E-state index in [9.17, 15) is 9.59 Å². The fourth-order valence-corrected chi connectivity index (χ4v) is 0.799. The van der Waals surface area contributed by atoms with Crippen molar-refractivity contribution < 1.29 is 9.59 Å². The summed E-state index contributed by atoms with van der Waals surface area (Å²) in [7, 11) is 0. The van der Waals surface area contributed by atoms with Crippen molar-refractivity contribution in [3.63, 3.8) is 0 Å². The van der Waals surface area contributed by atoms with Crippen molar-refractivity contribution >= 4 is 17.6 Å². The summed E-state index contributed by atoms with van der Waals surface area (Å²) in [6, 6.07) is 0.635. The van der Waals surface area contributed by atoms with Crippen molar-refractivity contribution in [2.75, 3.05) is 5.73 Å². The highest BCUT2D eigenvalue weighted by molar-refractivity contribution is 5.96. The van der Waals surface area contributed by atoms with Crippen molar-refractivity contribution in [2.45, 2.75) is 13.0 Å². The van der Waals surface area contributed by atoms with Gasteiger partial charge in [0.25, 0.3) is 5.91 Å². The van der Waals surface area contributed by atoms with Crippen molar-refractivity contribution in [3.8, 4) is 0 Å². The van der Waals surface area contributed by atoms with Gasteiger partial charge in [0.2, 0.25) is 5.91 Å². The molecule has 0 saturated carbocycles. The molecule has 0 bridgehead atoms. The van der Waals surface area contributed by atoms with Gasteiger partial charge in [-0.15, -0.1) is 0 Å². The highest BCUT2D eigenvalue weighted by Gasteiger charge is 2.14. The number of nitrogen functional groups attached to an aromatic ring is 1. The maximum atomic E-state index is 11.3. The van der Waals surface area contributed by atoms with Crippen molar-refractivity contribution in [2.24, 2.45) is 5.73 Å². The van der Waals surface area contributed by atoms with Crippen LogP contribution >= 0.6 is 0 Å². The van der Waals surface area contributed by atoms with E-state index in [4.69, 9.17) is 11.5 Å². The molecule has 0 saturated heterocycles. The highest BCUT2D eigenvalue weighted by Crippen LogP contribution is 2.00. The van der Waals surface area contributed by atoms with Gasteiger partial charge in [-0.25, -0.2) is 0 Å². The third-order valence-corrected chi connectivity index (χ3v) is 1.62. The largest absolute Gasteiger partial charge is 0.382 e. The molecule has 76 valence electrons. The van der Waals surface area contributed by atoms with E-state index in [1.165, 1.54) is 13.0 Å². The molecule has 0 unspecified atom stereocenters. The van der Waals surface area contributed by atoms with Crippen LogP contribution < -0.4 is 16.8 Å². The molecule has 1 atom stereocenters. The number of hydrogen-bond acceptors (Lipinski definition) is 4.